The first-order valence-electron chi connectivity index (χ1n) is 6.89. The van der Waals surface area contributed by atoms with Crippen LogP contribution in [0.4, 0.5) is 0 Å². The quantitative estimate of drug-likeness (QED) is 0.695. The van der Waals surface area contributed by atoms with Gasteiger partial charge in [-0.15, -0.1) is 0 Å². The lowest BCUT2D eigenvalue weighted by molar-refractivity contribution is 0.131. The Bertz CT molecular complexity index is 793. The Balaban J connectivity index is 2.09. The van der Waals surface area contributed by atoms with Crippen LogP contribution in [-0.4, -0.2) is 5.11 Å². The van der Waals surface area contributed by atoms with E-state index >= 15 is 0 Å². The maximum atomic E-state index is 11.5. The van der Waals surface area contributed by atoms with E-state index in [-0.39, 0.29) is 0 Å². The fourth-order valence-corrected chi connectivity index (χ4v) is 3.43. The first-order chi connectivity index (χ1) is 10.2. The van der Waals surface area contributed by atoms with Crippen LogP contribution in [0.1, 0.15) is 16.7 Å². The predicted octanol–water partition coefficient (Wildman–Crippen LogP) is 4.60. The van der Waals surface area contributed by atoms with Gasteiger partial charge in [-0.05, 0) is 28.8 Å². The van der Waals surface area contributed by atoms with Gasteiger partial charge in [0, 0.05) is 16.1 Å². The minimum Gasteiger partial charge on any atom is -0.376 e. The number of fused-ring (bicyclic) bond motifs is 3. The Hall–Kier alpha value is -2.09. The topological polar surface area (TPSA) is 20.2 Å². The largest absolute Gasteiger partial charge is 0.376 e. The van der Waals surface area contributed by atoms with Crippen LogP contribution in [0.15, 0.2) is 72.8 Å². The lowest BCUT2D eigenvalue weighted by Crippen LogP contribution is -2.26. The zero-order valence-corrected chi connectivity index (χ0v) is 12.0. The number of rotatable bonds is 1. The fraction of sp³-hybridized carbons (Fsp3) is 0.0526. The number of halogens is 1. The number of hydrogen-bond donors (Lipinski definition) is 1. The molecule has 1 aliphatic rings. The van der Waals surface area contributed by atoms with Gasteiger partial charge in [-0.3, -0.25) is 0 Å². The number of hydrogen-bond acceptors (Lipinski definition) is 1. The molecule has 1 N–H and O–H groups in total. The zero-order valence-electron chi connectivity index (χ0n) is 11.3. The summed E-state index contributed by atoms with van der Waals surface area (Å²) in [4.78, 5) is 0. The van der Waals surface area contributed by atoms with Crippen LogP contribution in [-0.2, 0) is 5.60 Å². The summed E-state index contributed by atoms with van der Waals surface area (Å²) >= 11 is 6.13. The van der Waals surface area contributed by atoms with Crippen molar-refractivity contribution in [1.82, 2.24) is 0 Å². The summed E-state index contributed by atoms with van der Waals surface area (Å²) < 4.78 is 0. The van der Waals surface area contributed by atoms with E-state index < -0.39 is 5.60 Å². The van der Waals surface area contributed by atoms with Crippen LogP contribution in [0.5, 0.6) is 0 Å². The van der Waals surface area contributed by atoms with Crippen LogP contribution in [0.3, 0.4) is 0 Å². The van der Waals surface area contributed by atoms with Gasteiger partial charge in [0.2, 0.25) is 0 Å². The van der Waals surface area contributed by atoms with Crippen LogP contribution in [0.25, 0.3) is 11.1 Å². The molecule has 0 fully saturated rings. The Labute approximate surface area is 128 Å². The standard InChI is InChI=1S/C19H13ClO/c20-14-7-5-6-13(12-14)19(21)17-10-3-1-8-15(17)16-9-2-4-11-18(16)19/h1-12,21H. The molecule has 2 heteroatoms. The molecule has 0 amide bonds. The molecule has 0 atom stereocenters. The number of aliphatic hydroxyl groups is 1. The maximum absolute atomic E-state index is 11.5. The minimum atomic E-state index is -1.14. The molecule has 0 saturated carbocycles. The second-order valence-corrected chi connectivity index (χ2v) is 5.75. The highest BCUT2D eigenvalue weighted by atomic mass is 35.5. The van der Waals surface area contributed by atoms with Crippen LogP contribution >= 0.6 is 11.6 Å². The molecule has 21 heavy (non-hydrogen) atoms. The maximum Gasteiger partial charge on any atom is 0.141 e. The third-order valence-electron chi connectivity index (χ3n) is 4.17. The van der Waals surface area contributed by atoms with E-state index in [1.54, 1.807) is 0 Å². The van der Waals surface area contributed by atoms with Crippen molar-refractivity contribution < 1.29 is 5.11 Å². The molecule has 3 aromatic carbocycles. The molecule has 0 spiro atoms. The summed E-state index contributed by atoms with van der Waals surface area (Å²) in [6, 6.07) is 23.4. The van der Waals surface area contributed by atoms with Gasteiger partial charge in [-0.1, -0.05) is 72.3 Å². The molecular weight excluding hydrogens is 280 g/mol. The highest BCUT2D eigenvalue weighted by molar-refractivity contribution is 6.30. The van der Waals surface area contributed by atoms with Crippen LogP contribution in [0, 0.1) is 0 Å². The molecule has 0 aliphatic heterocycles. The molecule has 0 unspecified atom stereocenters. The average molecular weight is 293 g/mol. The Morgan fingerprint density at radius 1 is 0.714 bits per heavy atom. The van der Waals surface area contributed by atoms with E-state index in [0.29, 0.717) is 5.02 Å². The van der Waals surface area contributed by atoms with Gasteiger partial charge < -0.3 is 5.11 Å². The van der Waals surface area contributed by atoms with Crippen LogP contribution in [0.2, 0.25) is 5.02 Å². The van der Waals surface area contributed by atoms with E-state index in [0.717, 1.165) is 27.8 Å². The van der Waals surface area contributed by atoms with Gasteiger partial charge in [0.1, 0.15) is 5.60 Å². The summed E-state index contributed by atoms with van der Waals surface area (Å²) in [5, 5.41) is 12.2. The molecule has 0 saturated heterocycles. The van der Waals surface area contributed by atoms with Crippen LogP contribution < -0.4 is 0 Å². The molecule has 0 aromatic heterocycles. The molecule has 1 aliphatic carbocycles. The molecule has 0 heterocycles. The second-order valence-electron chi connectivity index (χ2n) is 5.31. The molecule has 1 nitrogen and oxygen atoms in total. The highest BCUT2D eigenvalue weighted by Gasteiger charge is 2.42. The molecule has 0 bridgehead atoms. The highest BCUT2D eigenvalue weighted by Crippen LogP contribution is 2.50. The lowest BCUT2D eigenvalue weighted by atomic mass is 9.84. The third kappa shape index (κ3) is 1.68. The van der Waals surface area contributed by atoms with Crippen molar-refractivity contribution in [3.05, 3.63) is 94.5 Å². The van der Waals surface area contributed by atoms with Gasteiger partial charge in [0.25, 0.3) is 0 Å². The van der Waals surface area contributed by atoms with E-state index in [9.17, 15) is 5.11 Å². The van der Waals surface area contributed by atoms with Crippen molar-refractivity contribution >= 4 is 11.6 Å². The molecule has 3 aromatic rings. The first kappa shape index (κ1) is 12.6. The molecule has 102 valence electrons. The molecule has 0 radical (unpaired) electrons. The zero-order chi connectivity index (χ0) is 14.4. The van der Waals surface area contributed by atoms with Crippen molar-refractivity contribution in [1.29, 1.82) is 0 Å². The van der Waals surface area contributed by atoms with Crippen molar-refractivity contribution in [3.63, 3.8) is 0 Å². The van der Waals surface area contributed by atoms with Gasteiger partial charge in [-0.25, -0.2) is 0 Å². The summed E-state index contributed by atoms with van der Waals surface area (Å²) in [6.45, 7) is 0. The third-order valence-corrected chi connectivity index (χ3v) is 4.40. The van der Waals surface area contributed by atoms with Gasteiger partial charge in [0.15, 0.2) is 0 Å². The Kier molecular flexibility index (Phi) is 2.68. The summed E-state index contributed by atoms with van der Waals surface area (Å²) in [6.07, 6.45) is 0. The smallest absolute Gasteiger partial charge is 0.141 e. The van der Waals surface area contributed by atoms with Crippen molar-refractivity contribution in [2.24, 2.45) is 0 Å². The average Bonchev–Trinajstić information content (AvgIpc) is 2.79. The van der Waals surface area contributed by atoms with E-state index in [4.69, 9.17) is 11.6 Å². The van der Waals surface area contributed by atoms with E-state index in [1.165, 1.54) is 0 Å². The van der Waals surface area contributed by atoms with E-state index in [1.807, 2.05) is 60.7 Å². The van der Waals surface area contributed by atoms with Crippen molar-refractivity contribution in [2.45, 2.75) is 5.60 Å². The predicted molar refractivity (Wildman–Crippen MR) is 85.4 cm³/mol. The van der Waals surface area contributed by atoms with Crippen molar-refractivity contribution in [3.8, 4) is 11.1 Å². The first-order valence-corrected chi connectivity index (χ1v) is 7.27. The lowest BCUT2D eigenvalue weighted by Gasteiger charge is -2.26. The Morgan fingerprint density at radius 2 is 1.29 bits per heavy atom. The van der Waals surface area contributed by atoms with E-state index in [2.05, 4.69) is 12.1 Å². The van der Waals surface area contributed by atoms with Crippen molar-refractivity contribution in [2.75, 3.05) is 0 Å². The molecular formula is C19H13ClO. The van der Waals surface area contributed by atoms with Gasteiger partial charge >= 0.3 is 0 Å². The SMILES string of the molecule is OC1(c2cccc(Cl)c2)c2ccccc2-c2ccccc21. The normalized spacial score (nSPS) is 14.6. The van der Waals surface area contributed by atoms with Gasteiger partial charge in [-0.2, -0.15) is 0 Å². The minimum absolute atomic E-state index is 0.628. The summed E-state index contributed by atoms with van der Waals surface area (Å²) in [5.74, 6) is 0. The van der Waals surface area contributed by atoms with Gasteiger partial charge in [0.05, 0.1) is 0 Å². The monoisotopic (exact) mass is 292 g/mol. The second kappa shape index (κ2) is 4.45. The summed E-state index contributed by atoms with van der Waals surface area (Å²) in [5.41, 5.74) is 3.64. The molecule has 4 rings (SSSR count). The Morgan fingerprint density at radius 3 is 1.86 bits per heavy atom. The fourth-order valence-electron chi connectivity index (χ4n) is 3.24. The summed E-state index contributed by atoms with van der Waals surface area (Å²) in [7, 11) is 0. The number of benzene rings is 3.